The number of furan rings is 1. The van der Waals surface area contributed by atoms with Crippen LogP contribution in [-0.4, -0.2) is 6.71 Å². The molecular weight excluding hydrogens is 535 g/mol. The zero-order chi connectivity index (χ0) is 28.8. The molecule has 10 rings (SSSR count). The lowest BCUT2D eigenvalue weighted by Gasteiger charge is -2.44. The van der Waals surface area contributed by atoms with Gasteiger partial charge in [0.2, 0.25) is 0 Å². The van der Waals surface area contributed by atoms with E-state index in [2.05, 4.69) is 161 Å². The Bertz CT molecular complexity index is 2420. The van der Waals surface area contributed by atoms with Gasteiger partial charge < -0.3 is 14.2 Å². The molecule has 0 radical (unpaired) electrons. The van der Waals surface area contributed by atoms with E-state index >= 15 is 0 Å². The largest absolute Gasteiger partial charge is 0.455 e. The quantitative estimate of drug-likeness (QED) is 0.197. The molecule has 2 aliphatic rings. The molecule has 8 aromatic rings. The topological polar surface area (TPSA) is 19.6 Å². The number of hydrogen-bond donors (Lipinski definition) is 0. The molecule has 0 aliphatic carbocycles. The maximum absolute atomic E-state index is 6.72. The number of fused-ring (bicyclic) bond motifs is 10. The maximum atomic E-state index is 6.72. The molecule has 4 heteroatoms. The molecule has 0 amide bonds. The lowest BCUT2D eigenvalue weighted by molar-refractivity contribution is 0.673. The van der Waals surface area contributed by atoms with E-state index in [1.807, 2.05) is 0 Å². The predicted molar refractivity (Wildman–Crippen MR) is 185 cm³/mol. The van der Waals surface area contributed by atoms with Crippen molar-refractivity contribution in [1.82, 2.24) is 0 Å². The molecule has 1 aromatic heterocycles. The molecule has 3 nitrogen and oxygen atoms in total. The lowest BCUT2D eigenvalue weighted by Crippen LogP contribution is -2.61. The summed E-state index contributed by atoms with van der Waals surface area (Å²) >= 11 is 0. The van der Waals surface area contributed by atoms with E-state index in [0.717, 1.165) is 38.7 Å². The summed E-state index contributed by atoms with van der Waals surface area (Å²) in [4.78, 5) is 4.89. The summed E-state index contributed by atoms with van der Waals surface area (Å²) in [5, 5.41) is 4.63. The first-order valence-corrected chi connectivity index (χ1v) is 15.2. The van der Waals surface area contributed by atoms with Gasteiger partial charge in [-0.05, 0) is 76.4 Å². The normalized spacial score (nSPS) is 13.3. The average Bonchev–Trinajstić information content (AvgIpc) is 3.48. The first-order valence-electron chi connectivity index (χ1n) is 15.2. The Morgan fingerprint density at radius 3 is 1.93 bits per heavy atom. The molecule has 0 fully saturated rings. The smallest absolute Gasteiger partial charge is 0.252 e. The zero-order valence-corrected chi connectivity index (χ0v) is 23.8. The Hall–Kier alpha value is -5.74. The third-order valence-corrected chi connectivity index (χ3v) is 9.41. The number of para-hydroxylation sites is 3. The molecule has 0 bridgehead atoms. The highest BCUT2D eigenvalue weighted by molar-refractivity contribution is 7.00. The van der Waals surface area contributed by atoms with Crippen molar-refractivity contribution < 1.29 is 4.42 Å². The number of rotatable bonds is 2. The second kappa shape index (κ2) is 8.89. The molecule has 2 aliphatic heterocycles. The monoisotopic (exact) mass is 560 g/mol. The van der Waals surface area contributed by atoms with Gasteiger partial charge in [0.25, 0.3) is 6.71 Å². The van der Waals surface area contributed by atoms with Crippen molar-refractivity contribution in [3.8, 4) is 0 Å². The van der Waals surface area contributed by atoms with Crippen molar-refractivity contribution >= 4 is 89.9 Å². The second-order valence-corrected chi connectivity index (χ2v) is 11.7. The van der Waals surface area contributed by atoms with E-state index in [9.17, 15) is 0 Å². The van der Waals surface area contributed by atoms with Crippen molar-refractivity contribution in [3.05, 3.63) is 152 Å². The molecular formula is C40H25BN2O. The van der Waals surface area contributed by atoms with Gasteiger partial charge in [-0.3, -0.25) is 0 Å². The first-order chi connectivity index (χ1) is 21.9. The van der Waals surface area contributed by atoms with Crippen LogP contribution in [0.25, 0.3) is 32.7 Å². The van der Waals surface area contributed by atoms with Crippen molar-refractivity contribution in [2.24, 2.45) is 0 Å². The summed E-state index contributed by atoms with van der Waals surface area (Å²) in [5.41, 5.74) is 12.9. The summed E-state index contributed by atoms with van der Waals surface area (Å²) in [6.45, 7) is 0.0714. The molecule has 7 aromatic carbocycles. The Labute approximate surface area is 255 Å². The van der Waals surface area contributed by atoms with Gasteiger partial charge in [0.1, 0.15) is 11.2 Å². The molecule has 0 saturated carbocycles. The minimum absolute atomic E-state index is 0.0714. The fourth-order valence-electron chi connectivity index (χ4n) is 7.66. The lowest BCUT2D eigenvalue weighted by atomic mass is 9.33. The molecule has 44 heavy (non-hydrogen) atoms. The second-order valence-electron chi connectivity index (χ2n) is 11.7. The molecule has 3 heterocycles. The van der Waals surface area contributed by atoms with Gasteiger partial charge in [0.05, 0.1) is 11.1 Å². The molecule has 0 unspecified atom stereocenters. The number of hydrogen-bond acceptors (Lipinski definition) is 3. The molecule has 0 atom stereocenters. The SMILES string of the molecule is c1ccc(N2c3ccccc3B3c4ccc5oc6c7ccccc7ccc6c5c4N(c4ccccc4)c4cccc2c43)cc1. The Balaban J connectivity index is 1.36. The van der Waals surface area contributed by atoms with Crippen LogP contribution in [0.2, 0.25) is 0 Å². The van der Waals surface area contributed by atoms with E-state index in [1.165, 1.54) is 44.5 Å². The van der Waals surface area contributed by atoms with Crippen LogP contribution in [-0.2, 0) is 0 Å². The summed E-state index contributed by atoms with van der Waals surface area (Å²) in [7, 11) is 0. The highest BCUT2D eigenvalue weighted by atomic mass is 16.3. The van der Waals surface area contributed by atoms with Crippen LogP contribution >= 0.6 is 0 Å². The number of nitrogens with zero attached hydrogens (tertiary/aromatic N) is 2. The van der Waals surface area contributed by atoms with Crippen LogP contribution in [0.5, 0.6) is 0 Å². The van der Waals surface area contributed by atoms with E-state index in [4.69, 9.17) is 4.42 Å². The van der Waals surface area contributed by atoms with Gasteiger partial charge in [0.15, 0.2) is 0 Å². The summed E-state index contributed by atoms with van der Waals surface area (Å²) < 4.78 is 6.72. The van der Waals surface area contributed by atoms with Crippen LogP contribution in [0.3, 0.4) is 0 Å². The highest BCUT2D eigenvalue weighted by Crippen LogP contribution is 2.47. The van der Waals surface area contributed by atoms with Gasteiger partial charge in [-0.2, -0.15) is 0 Å². The van der Waals surface area contributed by atoms with Gasteiger partial charge in [-0.1, -0.05) is 97.1 Å². The predicted octanol–water partition coefficient (Wildman–Crippen LogP) is 8.82. The standard InChI is InChI=1S/C40H25BN2O/c1-3-13-27(14-4-1)42-33-19-10-9-18-31(33)41-32-24-25-36-37(30-23-22-26-12-7-8-17-29(26)40(30)44-36)39(32)43(28-15-5-2-6-16-28)35-21-11-20-34(42)38(35)41/h1-25H. The van der Waals surface area contributed by atoms with Crippen molar-refractivity contribution in [3.63, 3.8) is 0 Å². The molecule has 204 valence electrons. The van der Waals surface area contributed by atoms with Gasteiger partial charge in [-0.25, -0.2) is 0 Å². The average molecular weight is 560 g/mol. The molecule has 0 N–H and O–H groups in total. The first kappa shape index (κ1) is 23.8. The van der Waals surface area contributed by atoms with Gasteiger partial charge in [-0.15, -0.1) is 0 Å². The third-order valence-electron chi connectivity index (χ3n) is 9.41. The Morgan fingerprint density at radius 1 is 0.455 bits per heavy atom. The van der Waals surface area contributed by atoms with Gasteiger partial charge >= 0.3 is 0 Å². The van der Waals surface area contributed by atoms with E-state index < -0.39 is 0 Å². The Kier molecular flexibility index (Phi) is 4.80. The Morgan fingerprint density at radius 2 is 1.11 bits per heavy atom. The van der Waals surface area contributed by atoms with E-state index in [1.54, 1.807) is 0 Å². The highest BCUT2D eigenvalue weighted by Gasteiger charge is 2.44. The van der Waals surface area contributed by atoms with Crippen LogP contribution in [0.15, 0.2) is 156 Å². The van der Waals surface area contributed by atoms with Crippen LogP contribution in [0, 0.1) is 0 Å². The third kappa shape index (κ3) is 3.12. The minimum Gasteiger partial charge on any atom is -0.455 e. The van der Waals surface area contributed by atoms with Crippen molar-refractivity contribution in [2.45, 2.75) is 0 Å². The van der Waals surface area contributed by atoms with Crippen LogP contribution < -0.4 is 26.2 Å². The number of anilines is 6. The molecule has 0 saturated heterocycles. The van der Waals surface area contributed by atoms with Crippen LogP contribution in [0.1, 0.15) is 0 Å². The fourth-order valence-corrected chi connectivity index (χ4v) is 7.66. The molecule has 0 spiro atoms. The van der Waals surface area contributed by atoms with Gasteiger partial charge in [0, 0.05) is 39.2 Å². The van der Waals surface area contributed by atoms with E-state index in [0.29, 0.717) is 0 Å². The van der Waals surface area contributed by atoms with Crippen LogP contribution in [0.4, 0.5) is 34.1 Å². The zero-order valence-electron chi connectivity index (χ0n) is 23.8. The summed E-state index contributed by atoms with van der Waals surface area (Å²) in [5.74, 6) is 0. The summed E-state index contributed by atoms with van der Waals surface area (Å²) in [6, 6.07) is 54.6. The fraction of sp³-hybridized carbons (Fsp3) is 0. The van der Waals surface area contributed by atoms with E-state index in [-0.39, 0.29) is 6.71 Å². The van der Waals surface area contributed by atoms with Crippen molar-refractivity contribution in [2.75, 3.05) is 9.80 Å². The summed E-state index contributed by atoms with van der Waals surface area (Å²) in [6.07, 6.45) is 0. The number of benzene rings is 7. The maximum Gasteiger partial charge on any atom is 0.252 e. The van der Waals surface area contributed by atoms with Crippen molar-refractivity contribution in [1.29, 1.82) is 0 Å². The minimum atomic E-state index is 0.0714.